The average molecular weight is 779 g/mol. The zero-order valence-corrected chi connectivity index (χ0v) is 32.9. The van der Waals surface area contributed by atoms with Gasteiger partial charge >= 0.3 is 6.09 Å². The highest BCUT2D eigenvalue weighted by atomic mass is 35.5. The Morgan fingerprint density at radius 3 is 2.28 bits per heavy atom. The monoisotopic (exact) mass is 778 g/mol. The van der Waals surface area contributed by atoms with Gasteiger partial charge in [0, 0.05) is 67.1 Å². The fourth-order valence-electron chi connectivity index (χ4n) is 6.23. The van der Waals surface area contributed by atoms with Crippen LogP contribution in [0.2, 0.25) is 5.02 Å². The highest BCUT2D eigenvalue weighted by Gasteiger charge is 2.35. The van der Waals surface area contributed by atoms with E-state index in [1.165, 1.54) is 42.7 Å². The number of halogens is 2. The number of carbonyl (C=O) groups is 2. The molecule has 4 aromatic rings. The van der Waals surface area contributed by atoms with Gasteiger partial charge in [0.05, 0.1) is 12.0 Å². The number of ether oxygens (including phenoxy) is 2. The molecule has 0 aliphatic heterocycles. The summed E-state index contributed by atoms with van der Waals surface area (Å²) in [6.07, 6.45) is 3.27. The second-order valence-electron chi connectivity index (χ2n) is 14.6. The lowest BCUT2D eigenvalue weighted by Crippen LogP contribution is -2.48. The highest BCUT2D eigenvalue weighted by Crippen LogP contribution is 2.33. The Bertz CT molecular complexity index is 1990. The van der Waals surface area contributed by atoms with E-state index < -0.39 is 39.5 Å². The maximum Gasteiger partial charge on any atom is 0.410 e. The van der Waals surface area contributed by atoms with E-state index in [4.69, 9.17) is 21.1 Å². The van der Waals surface area contributed by atoms with E-state index >= 15 is 4.39 Å². The Kier molecular flexibility index (Phi) is 13.4. The van der Waals surface area contributed by atoms with Crippen molar-refractivity contribution in [3.63, 3.8) is 0 Å². The molecule has 0 saturated heterocycles. The molecule has 1 saturated carbocycles. The van der Waals surface area contributed by atoms with Crippen molar-refractivity contribution in [1.82, 2.24) is 14.2 Å². The van der Waals surface area contributed by atoms with E-state index in [0.717, 1.165) is 24.0 Å². The lowest BCUT2D eigenvalue weighted by molar-refractivity contribution is -0.116. The Morgan fingerprint density at radius 2 is 1.67 bits per heavy atom. The van der Waals surface area contributed by atoms with Gasteiger partial charge in [-0.2, -0.15) is 4.31 Å². The third kappa shape index (κ3) is 11.0. The van der Waals surface area contributed by atoms with Crippen molar-refractivity contribution in [2.45, 2.75) is 75.3 Å². The fraction of sp³-hybridized carbons (Fsp3) is 0.390. The van der Waals surface area contributed by atoms with Crippen molar-refractivity contribution < 1.29 is 31.9 Å². The molecule has 1 aliphatic rings. The molecule has 1 aromatic heterocycles. The Labute approximate surface area is 322 Å². The molecule has 2 unspecified atom stereocenters. The number of rotatable bonds is 16. The van der Waals surface area contributed by atoms with Crippen LogP contribution in [-0.2, 0) is 26.0 Å². The predicted molar refractivity (Wildman–Crippen MR) is 208 cm³/mol. The Balaban J connectivity index is 1.40. The van der Waals surface area contributed by atoms with Gasteiger partial charge in [-0.05, 0) is 99.9 Å². The number of aromatic nitrogens is 1. The number of nitrogens with zero attached hydrogens (tertiary/aromatic N) is 3. The maximum atomic E-state index is 15.7. The number of methoxy groups -OCH3 is 1. The quantitative estimate of drug-likeness (QED) is 0.122. The molecule has 1 N–H and O–H groups in total. The van der Waals surface area contributed by atoms with Gasteiger partial charge in [0.2, 0.25) is 21.8 Å². The van der Waals surface area contributed by atoms with Crippen molar-refractivity contribution in [3.8, 4) is 5.88 Å². The molecule has 0 radical (unpaired) electrons. The summed E-state index contributed by atoms with van der Waals surface area (Å²) in [4.78, 5) is 33.2. The van der Waals surface area contributed by atoms with Crippen LogP contribution in [0.4, 0.5) is 14.9 Å². The summed E-state index contributed by atoms with van der Waals surface area (Å²) in [5.41, 5.74) is 1.36. The molecule has 0 bridgehead atoms. The van der Waals surface area contributed by atoms with E-state index in [-0.39, 0.29) is 47.9 Å². The van der Waals surface area contributed by atoms with Crippen LogP contribution in [0.1, 0.15) is 69.1 Å². The lowest BCUT2D eigenvalue weighted by atomic mass is 9.89. The van der Waals surface area contributed by atoms with E-state index in [0.29, 0.717) is 23.4 Å². The van der Waals surface area contributed by atoms with Crippen molar-refractivity contribution in [3.05, 3.63) is 119 Å². The van der Waals surface area contributed by atoms with Gasteiger partial charge < -0.3 is 19.7 Å². The van der Waals surface area contributed by atoms with Gasteiger partial charge in [-0.1, -0.05) is 54.1 Å². The maximum absolute atomic E-state index is 15.7. The fourth-order valence-corrected chi connectivity index (χ4v) is 7.75. The molecule has 1 aliphatic carbocycles. The molecular formula is C41H48ClFN4O6S. The third-order valence-electron chi connectivity index (χ3n) is 9.35. The Hall–Kier alpha value is -4.52. The van der Waals surface area contributed by atoms with Crippen molar-refractivity contribution in [2.75, 3.05) is 32.6 Å². The second kappa shape index (κ2) is 17.7. The number of pyridine rings is 1. The minimum Gasteiger partial charge on any atom is -0.481 e. The van der Waals surface area contributed by atoms with Crippen molar-refractivity contribution in [1.29, 1.82) is 0 Å². The minimum absolute atomic E-state index is 0.0122. The predicted octanol–water partition coefficient (Wildman–Crippen LogP) is 8.31. The average Bonchev–Trinajstić information content (AvgIpc) is 3.97. The van der Waals surface area contributed by atoms with E-state index in [1.807, 2.05) is 18.2 Å². The van der Waals surface area contributed by atoms with E-state index in [2.05, 4.69) is 10.3 Å². The number of anilines is 1. The molecule has 10 nitrogen and oxygen atoms in total. The van der Waals surface area contributed by atoms with Crippen molar-refractivity contribution in [2.24, 2.45) is 5.92 Å². The largest absolute Gasteiger partial charge is 0.481 e. The summed E-state index contributed by atoms with van der Waals surface area (Å²) in [6, 6.07) is 22.5. The zero-order valence-electron chi connectivity index (χ0n) is 31.3. The van der Waals surface area contributed by atoms with Crippen LogP contribution in [0.3, 0.4) is 0 Å². The van der Waals surface area contributed by atoms with E-state index in [1.54, 1.807) is 74.3 Å². The number of hydrogen-bond donors (Lipinski definition) is 1. The Morgan fingerprint density at radius 1 is 0.981 bits per heavy atom. The number of hydrogen-bond acceptors (Lipinski definition) is 7. The van der Waals surface area contributed by atoms with Crippen LogP contribution in [0, 0.1) is 11.7 Å². The zero-order chi connectivity index (χ0) is 39.0. The van der Waals surface area contributed by atoms with Gasteiger partial charge in [0.25, 0.3) is 0 Å². The molecule has 0 spiro atoms. The summed E-state index contributed by atoms with van der Waals surface area (Å²) in [7, 11) is -1.00. The van der Waals surface area contributed by atoms with Gasteiger partial charge in [-0.15, -0.1) is 0 Å². The first kappa shape index (κ1) is 40.7. The van der Waals surface area contributed by atoms with Crippen molar-refractivity contribution >= 4 is 39.3 Å². The first-order valence-corrected chi connectivity index (χ1v) is 19.8. The number of carbonyl (C=O) groups excluding carboxylic acids is 2. The summed E-state index contributed by atoms with van der Waals surface area (Å²) in [5.74, 6) is -0.573. The van der Waals surface area contributed by atoms with Gasteiger partial charge in [-0.25, -0.2) is 22.6 Å². The van der Waals surface area contributed by atoms with Crippen LogP contribution < -0.4 is 10.1 Å². The number of benzene rings is 3. The molecular weight excluding hydrogens is 731 g/mol. The lowest BCUT2D eigenvalue weighted by Gasteiger charge is -2.34. The topological polar surface area (TPSA) is 118 Å². The smallest absolute Gasteiger partial charge is 0.410 e. The number of sulfonamides is 1. The standard InChI is InChI=1S/C41H48ClFN4O6S/c1-41(2,3)53-40(49)47(26-28-14-15-28)27-32(46(4)54(50,51)33-10-7-6-8-11-33)21-22-34-36(43)12-9-13-37(34)45-38(48)24-35(29-16-19-31(42)20-17-29)30-18-23-39(52-5)44-25-30/h6-13,16-20,23,25,28,32,35H,14-15,21-22,24,26-27H2,1-5H3,(H,45,48). The molecule has 1 fully saturated rings. The molecule has 3 aromatic carbocycles. The summed E-state index contributed by atoms with van der Waals surface area (Å²) >= 11 is 6.16. The first-order chi connectivity index (χ1) is 25.6. The van der Waals surface area contributed by atoms with Gasteiger partial charge in [0.1, 0.15) is 11.4 Å². The molecule has 2 amide bonds. The van der Waals surface area contributed by atoms with Crippen LogP contribution in [-0.4, -0.2) is 73.5 Å². The molecule has 1 heterocycles. The molecule has 5 rings (SSSR count). The normalized spacial score (nSPS) is 14.3. The van der Waals surface area contributed by atoms with Gasteiger partial charge in [0.15, 0.2) is 0 Å². The number of nitrogens with one attached hydrogen (secondary N) is 1. The molecule has 13 heteroatoms. The van der Waals surface area contributed by atoms with E-state index in [9.17, 15) is 18.0 Å². The number of amides is 2. The summed E-state index contributed by atoms with van der Waals surface area (Å²) in [6.45, 7) is 5.79. The summed E-state index contributed by atoms with van der Waals surface area (Å²) in [5, 5.41) is 3.47. The van der Waals surface area contributed by atoms with Crippen LogP contribution in [0.5, 0.6) is 5.88 Å². The minimum atomic E-state index is -4.00. The number of likely N-dealkylation sites (N-methyl/N-ethyl adjacent to an activating group) is 1. The summed E-state index contributed by atoms with van der Waals surface area (Å²) < 4.78 is 55.7. The van der Waals surface area contributed by atoms with Crippen LogP contribution >= 0.6 is 11.6 Å². The van der Waals surface area contributed by atoms with Crippen LogP contribution in [0.15, 0.2) is 96.0 Å². The molecule has 288 valence electrons. The highest BCUT2D eigenvalue weighted by molar-refractivity contribution is 7.89. The third-order valence-corrected chi connectivity index (χ3v) is 11.5. The SMILES string of the molecule is COc1ccc(C(CC(=O)Nc2cccc(F)c2CCC(CN(CC2CC2)C(=O)OC(C)(C)C)N(C)S(=O)(=O)c2ccccc2)c2ccc(Cl)cc2)cn1. The molecule has 2 atom stereocenters. The van der Waals surface area contributed by atoms with Crippen LogP contribution in [0.25, 0.3) is 0 Å². The van der Waals surface area contributed by atoms with Gasteiger partial charge in [-0.3, -0.25) is 4.79 Å². The first-order valence-electron chi connectivity index (χ1n) is 18.0. The second-order valence-corrected chi connectivity index (χ2v) is 17.0. The molecule has 54 heavy (non-hydrogen) atoms.